The predicted molar refractivity (Wildman–Crippen MR) is 180 cm³/mol. The summed E-state index contributed by atoms with van der Waals surface area (Å²) in [6, 6.07) is 25.5. The van der Waals surface area contributed by atoms with Crippen LogP contribution in [0, 0.1) is 12.3 Å². The molecule has 1 aromatic heterocycles. The van der Waals surface area contributed by atoms with Gasteiger partial charge in [0.1, 0.15) is 12.6 Å². The Morgan fingerprint density at radius 3 is 2.23 bits per heavy atom. The van der Waals surface area contributed by atoms with Crippen LogP contribution in [-0.4, -0.2) is 53.4 Å². The number of rotatable bonds is 9. The fourth-order valence-corrected chi connectivity index (χ4v) is 4.41. The highest BCUT2D eigenvalue weighted by Crippen LogP contribution is 2.49. The Morgan fingerprint density at radius 1 is 1.00 bits per heavy atom. The van der Waals surface area contributed by atoms with Crippen LogP contribution in [0.5, 0.6) is 0 Å². The zero-order chi connectivity index (χ0) is 31.8. The van der Waals surface area contributed by atoms with Crippen LogP contribution in [-0.2, 0) is 15.0 Å². The summed E-state index contributed by atoms with van der Waals surface area (Å²) in [5, 5.41) is 24.7. The van der Waals surface area contributed by atoms with Crippen molar-refractivity contribution in [3.05, 3.63) is 96.2 Å². The predicted octanol–water partition coefficient (Wildman–Crippen LogP) is 6.29. The van der Waals surface area contributed by atoms with Gasteiger partial charge in [-0.05, 0) is 80.6 Å². The fourth-order valence-electron chi connectivity index (χ4n) is 4.41. The average Bonchev–Trinajstić information content (AvgIpc) is 3.88. The van der Waals surface area contributed by atoms with Gasteiger partial charge in [0, 0.05) is 29.2 Å². The summed E-state index contributed by atoms with van der Waals surface area (Å²) in [5.74, 6) is 1.10. The maximum atomic E-state index is 13.1. The van der Waals surface area contributed by atoms with Crippen molar-refractivity contribution in [2.24, 2.45) is 0 Å². The lowest BCUT2D eigenvalue weighted by molar-refractivity contribution is -0.118. The van der Waals surface area contributed by atoms with Crippen LogP contribution >= 0.6 is 12.6 Å². The van der Waals surface area contributed by atoms with Crippen LogP contribution in [0.15, 0.2) is 85.1 Å². The minimum atomic E-state index is -0.425. The van der Waals surface area contributed by atoms with Gasteiger partial charge in [-0.1, -0.05) is 54.6 Å². The molecule has 1 aliphatic rings. The van der Waals surface area contributed by atoms with Crippen LogP contribution in [0.3, 0.4) is 0 Å². The summed E-state index contributed by atoms with van der Waals surface area (Å²) < 4.78 is 0. The Labute approximate surface area is 259 Å². The topological polar surface area (TPSA) is 140 Å². The SMILES string of the molecule is C=N.C=O.CS.Cc1cccc(Nc2ncc(-c3ccc(NC(=O)C4(c5ccccc5)CC4)cc3)c(N[C@H](C)CO)n2)c1. The molecule has 1 amide bonds. The number of carbonyl (C=O) groups excluding carboxylic acids is 2. The molecule has 9 nitrogen and oxygen atoms in total. The molecule has 5 N–H and O–H groups in total. The maximum absolute atomic E-state index is 13.1. The van der Waals surface area contributed by atoms with Crippen LogP contribution in [0.25, 0.3) is 11.1 Å². The highest BCUT2D eigenvalue weighted by atomic mass is 32.1. The van der Waals surface area contributed by atoms with E-state index >= 15 is 0 Å². The fraction of sp³-hybridized carbons (Fsp3) is 0.242. The molecule has 4 aromatic rings. The van der Waals surface area contributed by atoms with Crippen molar-refractivity contribution in [3.8, 4) is 11.1 Å². The second kappa shape index (κ2) is 17.4. The summed E-state index contributed by atoms with van der Waals surface area (Å²) in [7, 11) is 0. The van der Waals surface area contributed by atoms with Gasteiger partial charge in [0.25, 0.3) is 0 Å². The third-order valence-electron chi connectivity index (χ3n) is 6.68. The largest absolute Gasteiger partial charge is 0.394 e. The minimum absolute atomic E-state index is 0.0282. The van der Waals surface area contributed by atoms with Crippen molar-refractivity contribution in [1.82, 2.24) is 9.97 Å². The van der Waals surface area contributed by atoms with E-state index in [4.69, 9.17) is 15.2 Å². The zero-order valence-electron chi connectivity index (χ0n) is 24.8. The van der Waals surface area contributed by atoms with E-state index in [0.29, 0.717) is 11.8 Å². The number of carbonyl (C=O) groups is 2. The van der Waals surface area contributed by atoms with E-state index in [1.807, 2.05) is 99.5 Å². The van der Waals surface area contributed by atoms with Crippen LogP contribution in [0.2, 0.25) is 0 Å². The van der Waals surface area contributed by atoms with Gasteiger partial charge in [-0.25, -0.2) is 4.98 Å². The molecule has 0 saturated heterocycles. The molecule has 0 radical (unpaired) electrons. The van der Waals surface area contributed by atoms with Crippen molar-refractivity contribution in [3.63, 3.8) is 0 Å². The van der Waals surface area contributed by atoms with Crippen LogP contribution in [0.1, 0.15) is 30.9 Å². The molecule has 226 valence electrons. The van der Waals surface area contributed by atoms with Crippen molar-refractivity contribution in [2.75, 3.05) is 28.8 Å². The molecule has 1 saturated carbocycles. The molecule has 43 heavy (non-hydrogen) atoms. The van der Waals surface area contributed by atoms with Gasteiger partial charge < -0.3 is 31.3 Å². The molecule has 0 bridgehead atoms. The number of aliphatic hydroxyl groups excluding tert-OH is 1. The first-order valence-electron chi connectivity index (χ1n) is 13.6. The van der Waals surface area contributed by atoms with Crippen molar-refractivity contribution >= 4 is 55.2 Å². The second-order valence-electron chi connectivity index (χ2n) is 9.66. The number of aliphatic hydroxyl groups is 1. The van der Waals surface area contributed by atoms with Gasteiger partial charge in [-0.2, -0.15) is 17.6 Å². The maximum Gasteiger partial charge on any atom is 0.235 e. The minimum Gasteiger partial charge on any atom is -0.394 e. The summed E-state index contributed by atoms with van der Waals surface area (Å²) >= 11 is 3.53. The molecule has 3 aromatic carbocycles. The number of aryl methyl sites for hydroxylation is 1. The summed E-state index contributed by atoms with van der Waals surface area (Å²) in [5.41, 5.74) is 5.12. The number of benzene rings is 3. The van der Waals surface area contributed by atoms with Gasteiger partial charge in [0.2, 0.25) is 11.9 Å². The molecule has 0 unspecified atom stereocenters. The average molecular weight is 601 g/mol. The third-order valence-corrected chi connectivity index (χ3v) is 6.68. The van der Waals surface area contributed by atoms with E-state index in [1.165, 1.54) is 0 Å². The first-order valence-corrected chi connectivity index (χ1v) is 14.5. The lowest BCUT2D eigenvalue weighted by atomic mass is 9.95. The molecular formula is C33H40N6O3S. The van der Waals surface area contributed by atoms with Gasteiger partial charge in [-0.15, -0.1) is 0 Å². The molecule has 5 rings (SSSR count). The van der Waals surface area contributed by atoms with Gasteiger partial charge in [0.15, 0.2) is 0 Å². The Kier molecular flexibility index (Phi) is 14.0. The summed E-state index contributed by atoms with van der Waals surface area (Å²) in [6.45, 7) is 8.39. The molecule has 10 heteroatoms. The van der Waals surface area contributed by atoms with Gasteiger partial charge in [-0.3, -0.25) is 4.79 Å². The molecule has 1 heterocycles. The van der Waals surface area contributed by atoms with Gasteiger partial charge in [0.05, 0.1) is 12.0 Å². The van der Waals surface area contributed by atoms with E-state index < -0.39 is 5.41 Å². The Bertz CT molecular complexity index is 1430. The number of aromatic nitrogens is 2. The first kappa shape index (κ1) is 34.7. The van der Waals surface area contributed by atoms with Crippen molar-refractivity contribution in [2.45, 2.75) is 38.1 Å². The number of hydrogen-bond donors (Lipinski definition) is 6. The van der Waals surface area contributed by atoms with Crippen LogP contribution < -0.4 is 16.0 Å². The van der Waals surface area contributed by atoms with E-state index in [9.17, 15) is 9.90 Å². The summed E-state index contributed by atoms with van der Waals surface area (Å²) in [6.07, 6.45) is 5.18. The first-order chi connectivity index (χ1) is 21.0. The molecule has 0 aliphatic heterocycles. The van der Waals surface area contributed by atoms with E-state index in [2.05, 4.69) is 40.3 Å². The monoisotopic (exact) mass is 600 g/mol. The number of nitrogens with one attached hydrogen (secondary N) is 4. The standard InChI is InChI=1S/C30H31N5O2.CH3N.CH2O.CH4S/c1-20-7-6-10-25(17-20)34-29-31-18-26(27(35-29)32-21(2)19-36)22-11-13-24(14-12-22)33-28(37)30(15-16-30)23-8-4-3-5-9-23;3*1-2/h3-14,17-18,21,36H,15-16,19H2,1-2H3,(H,33,37)(H2,31,32,34,35);2H,1H2;1H2;2H,1H3/t21-;;;/m1.../s1. The smallest absolute Gasteiger partial charge is 0.235 e. The lowest BCUT2D eigenvalue weighted by Gasteiger charge is -2.18. The quantitative estimate of drug-likeness (QED) is 0.0981. The highest BCUT2D eigenvalue weighted by molar-refractivity contribution is 7.79. The number of anilines is 4. The Balaban J connectivity index is 0.00000101. The second-order valence-corrected chi connectivity index (χ2v) is 9.66. The number of thiol groups is 1. The van der Waals surface area contributed by atoms with E-state index in [0.717, 1.165) is 46.5 Å². The van der Waals surface area contributed by atoms with Crippen molar-refractivity contribution < 1.29 is 14.7 Å². The third kappa shape index (κ3) is 9.22. The molecule has 0 spiro atoms. The van der Waals surface area contributed by atoms with E-state index in [-0.39, 0.29) is 18.6 Å². The van der Waals surface area contributed by atoms with Gasteiger partial charge >= 0.3 is 0 Å². The number of amides is 1. The highest BCUT2D eigenvalue weighted by Gasteiger charge is 2.51. The normalized spacial score (nSPS) is 12.8. The van der Waals surface area contributed by atoms with Crippen molar-refractivity contribution in [1.29, 1.82) is 5.41 Å². The van der Waals surface area contributed by atoms with E-state index in [1.54, 1.807) is 12.5 Å². The molecule has 1 atom stereocenters. The molecular weight excluding hydrogens is 560 g/mol. The Hall–Kier alpha value is -4.54. The molecule has 1 aliphatic carbocycles. The lowest BCUT2D eigenvalue weighted by Crippen LogP contribution is -2.27. The Morgan fingerprint density at radius 2 is 1.65 bits per heavy atom. The van der Waals surface area contributed by atoms with Crippen LogP contribution in [0.4, 0.5) is 23.1 Å². The number of nitrogens with zero attached hydrogens (tertiary/aromatic N) is 2. The molecule has 1 fully saturated rings. The zero-order valence-corrected chi connectivity index (χ0v) is 25.7. The number of hydrogen-bond acceptors (Lipinski definition) is 9. The summed E-state index contributed by atoms with van der Waals surface area (Å²) in [4.78, 5) is 30.3.